The van der Waals surface area contributed by atoms with Gasteiger partial charge in [-0.3, -0.25) is 10.1 Å². The van der Waals surface area contributed by atoms with Crippen molar-refractivity contribution in [2.75, 3.05) is 0 Å². The van der Waals surface area contributed by atoms with Gasteiger partial charge in [-0.25, -0.2) is 9.38 Å². The van der Waals surface area contributed by atoms with Crippen molar-refractivity contribution in [3.8, 4) is 6.07 Å². The average Bonchev–Trinajstić information content (AvgIpc) is 2.71. The van der Waals surface area contributed by atoms with Crippen LogP contribution in [0.5, 0.6) is 0 Å². The molecule has 7 heteroatoms. The molecule has 90 valence electrons. The highest BCUT2D eigenvalue weighted by Crippen LogP contribution is 2.34. The Labute approximate surface area is 106 Å². The summed E-state index contributed by atoms with van der Waals surface area (Å²) in [7, 11) is 0. The van der Waals surface area contributed by atoms with Crippen LogP contribution in [0.2, 0.25) is 0 Å². The van der Waals surface area contributed by atoms with Crippen LogP contribution in [0.4, 0.5) is 10.1 Å². The maximum Gasteiger partial charge on any atom is 0.269 e. The molecule has 1 atom stereocenters. The average molecular weight is 263 g/mol. The molecule has 0 saturated carbocycles. The molecule has 0 bridgehead atoms. The molecule has 0 amide bonds. The number of halogens is 1. The predicted molar refractivity (Wildman–Crippen MR) is 65.8 cm³/mol. The summed E-state index contributed by atoms with van der Waals surface area (Å²) in [5, 5.41) is 19.3. The quantitative estimate of drug-likeness (QED) is 0.467. The number of nitrogens with zero attached hydrogens (tertiary/aromatic N) is 3. The Kier molecular flexibility index (Phi) is 3.39. The first kappa shape index (κ1) is 12.3. The number of rotatable bonds is 2. The number of thioether (sulfide) groups is 1. The zero-order valence-electron chi connectivity index (χ0n) is 8.91. The largest absolute Gasteiger partial charge is 0.269 e. The van der Waals surface area contributed by atoms with Crippen LogP contribution in [0.1, 0.15) is 5.56 Å². The van der Waals surface area contributed by atoms with Crippen molar-refractivity contribution in [1.29, 1.82) is 5.26 Å². The van der Waals surface area contributed by atoms with Gasteiger partial charge in [0.25, 0.3) is 5.69 Å². The first-order chi connectivity index (χ1) is 8.61. The summed E-state index contributed by atoms with van der Waals surface area (Å²) in [6.07, 6.45) is 1.16. The highest BCUT2D eigenvalue weighted by atomic mass is 32.2. The van der Waals surface area contributed by atoms with Crippen LogP contribution in [0.15, 0.2) is 40.4 Å². The third-order valence-electron chi connectivity index (χ3n) is 2.23. The molecule has 0 aromatic heterocycles. The molecule has 0 saturated heterocycles. The van der Waals surface area contributed by atoms with E-state index in [-0.39, 0.29) is 11.4 Å². The lowest BCUT2D eigenvalue weighted by Gasteiger charge is -2.02. The number of hydrogen-bond donors (Lipinski definition) is 0. The van der Waals surface area contributed by atoms with Crippen LogP contribution in [0, 0.1) is 21.4 Å². The van der Waals surface area contributed by atoms with Gasteiger partial charge < -0.3 is 0 Å². The summed E-state index contributed by atoms with van der Waals surface area (Å²) >= 11 is 0.838. The number of nitriles is 1. The van der Waals surface area contributed by atoms with Crippen molar-refractivity contribution in [1.82, 2.24) is 0 Å². The Balaban J connectivity index is 2.32. The van der Waals surface area contributed by atoms with Gasteiger partial charge in [0.05, 0.1) is 16.7 Å². The first-order valence-corrected chi connectivity index (χ1v) is 5.73. The van der Waals surface area contributed by atoms with E-state index in [1.165, 1.54) is 24.3 Å². The van der Waals surface area contributed by atoms with Gasteiger partial charge >= 0.3 is 0 Å². The van der Waals surface area contributed by atoms with Crippen molar-refractivity contribution in [2.45, 2.75) is 5.50 Å². The van der Waals surface area contributed by atoms with Crippen molar-refractivity contribution in [3.05, 3.63) is 51.0 Å². The zero-order chi connectivity index (χ0) is 13.1. The number of alkyl halides is 1. The second-order valence-electron chi connectivity index (χ2n) is 3.35. The fourth-order valence-electron chi connectivity index (χ4n) is 1.43. The fraction of sp³-hybridized carbons (Fsp3) is 0.0909. The van der Waals surface area contributed by atoms with E-state index in [4.69, 9.17) is 5.26 Å². The SMILES string of the molecule is N#C/C=C1\N=C(c2ccc([N+](=O)[O-])cc2)C(F)S1. The number of benzene rings is 1. The maximum absolute atomic E-state index is 13.7. The maximum atomic E-state index is 13.7. The van der Waals surface area contributed by atoms with E-state index in [9.17, 15) is 14.5 Å². The first-order valence-electron chi connectivity index (χ1n) is 4.86. The highest BCUT2D eigenvalue weighted by molar-refractivity contribution is 8.04. The van der Waals surface area contributed by atoms with Crippen molar-refractivity contribution >= 4 is 23.2 Å². The number of hydrogen-bond acceptors (Lipinski definition) is 5. The predicted octanol–water partition coefficient (Wildman–Crippen LogP) is 2.79. The van der Waals surface area contributed by atoms with E-state index in [1.807, 2.05) is 0 Å². The molecule has 0 radical (unpaired) electrons. The molecule has 0 aliphatic carbocycles. The standard InChI is InChI=1S/C11H6FN3O2S/c12-11-10(14-9(18-11)5-6-13)7-1-3-8(4-2-7)15(16)17/h1-5,11H/b9-5+. The second-order valence-corrected chi connectivity index (χ2v) is 4.41. The van der Waals surface area contributed by atoms with Crippen LogP contribution in [0.3, 0.4) is 0 Å². The number of aliphatic imine (C=N–C) groups is 1. The molecule has 18 heavy (non-hydrogen) atoms. The molecule has 5 nitrogen and oxygen atoms in total. The Morgan fingerprint density at radius 3 is 2.72 bits per heavy atom. The smallest absolute Gasteiger partial charge is 0.258 e. The van der Waals surface area contributed by atoms with Gasteiger partial charge in [0.1, 0.15) is 5.03 Å². The lowest BCUT2D eigenvalue weighted by atomic mass is 10.1. The summed E-state index contributed by atoms with van der Waals surface area (Å²) in [4.78, 5) is 13.9. The normalized spacial score (nSPS) is 20.6. The van der Waals surface area contributed by atoms with Gasteiger partial charge in [-0.2, -0.15) is 5.26 Å². The number of nitro benzene ring substituents is 1. The molecule has 1 heterocycles. The molecule has 2 rings (SSSR count). The van der Waals surface area contributed by atoms with Gasteiger partial charge in [-0.1, -0.05) is 11.8 Å². The molecule has 1 aliphatic heterocycles. The van der Waals surface area contributed by atoms with Crippen LogP contribution in [-0.4, -0.2) is 16.1 Å². The summed E-state index contributed by atoms with van der Waals surface area (Å²) in [5.41, 5.74) is -0.766. The molecule has 0 spiro atoms. The van der Waals surface area contributed by atoms with E-state index >= 15 is 0 Å². The molecule has 0 fully saturated rings. The van der Waals surface area contributed by atoms with E-state index in [0.717, 1.165) is 17.8 Å². The number of nitro groups is 1. The lowest BCUT2D eigenvalue weighted by molar-refractivity contribution is -0.384. The third-order valence-corrected chi connectivity index (χ3v) is 3.11. The van der Waals surface area contributed by atoms with Gasteiger partial charge in [0.2, 0.25) is 0 Å². The topological polar surface area (TPSA) is 79.3 Å². The van der Waals surface area contributed by atoms with E-state index in [1.54, 1.807) is 6.07 Å². The third kappa shape index (κ3) is 2.38. The minimum atomic E-state index is -1.36. The van der Waals surface area contributed by atoms with Gasteiger partial charge in [0.15, 0.2) is 5.50 Å². The Morgan fingerprint density at radius 1 is 1.50 bits per heavy atom. The highest BCUT2D eigenvalue weighted by Gasteiger charge is 2.26. The second kappa shape index (κ2) is 4.98. The minimum absolute atomic E-state index is 0.0619. The Hall–Kier alpha value is -2.20. The van der Waals surface area contributed by atoms with Crippen LogP contribution < -0.4 is 0 Å². The molecular weight excluding hydrogens is 257 g/mol. The summed E-state index contributed by atoms with van der Waals surface area (Å²) < 4.78 is 13.7. The lowest BCUT2D eigenvalue weighted by Crippen LogP contribution is -2.08. The summed E-state index contributed by atoms with van der Waals surface area (Å²) in [6.45, 7) is 0. The van der Waals surface area contributed by atoms with E-state index in [2.05, 4.69) is 4.99 Å². The fourth-order valence-corrected chi connectivity index (χ4v) is 2.21. The minimum Gasteiger partial charge on any atom is -0.258 e. The molecule has 1 aliphatic rings. The van der Waals surface area contributed by atoms with Gasteiger partial charge in [0, 0.05) is 23.8 Å². The van der Waals surface area contributed by atoms with Gasteiger partial charge in [-0.15, -0.1) is 0 Å². The summed E-state index contributed by atoms with van der Waals surface area (Å²) in [6, 6.07) is 7.25. The Bertz CT molecular complexity index is 589. The van der Waals surface area contributed by atoms with Crippen LogP contribution in [-0.2, 0) is 0 Å². The zero-order valence-corrected chi connectivity index (χ0v) is 9.72. The van der Waals surface area contributed by atoms with Crippen molar-refractivity contribution in [3.63, 3.8) is 0 Å². The van der Waals surface area contributed by atoms with Crippen LogP contribution >= 0.6 is 11.8 Å². The number of non-ortho nitro benzene ring substituents is 1. The van der Waals surface area contributed by atoms with E-state index < -0.39 is 10.4 Å². The van der Waals surface area contributed by atoms with Crippen LogP contribution in [0.25, 0.3) is 0 Å². The van der Waals surface area contributed by atoms with Crippen molar-refractivity contribution in [2.24, 2.45) is 4.99 Å². The monoisotopic (exact) mass is 263 g/mol. The van der Waals surface area contributed by atoms with E-state index in [0.29, 0.717) is 10.6 Å². The van der Waals surface area contributed by atoms with Gasteiger partial charge in [-0.05, 0) is 12.1 Å². The molecule has 1 unspecified atom stereocenters. The Morgan fingerprint density at radius 2 is 2.17 bits per heavy atom. The molecule has 0 N–H and O–H groups in total. The molecular formula is C11H6FN3O2S. The molecule has 1 aromatic carbocycles. The summed E-state index contributed by atoms with van der Waals surface area (Å²) in [5.74, 6) is 0. The molecule has 1 aromatic rings. The number of allylic oxidation sites excluding steroid dienone is 1. The van der Waals surface area contributed by atoms with Crippen molar-refractivity contribution < 1.29 is 9.31 Å².